The highest BCUT2D eigenvalue weighted by Gasteiger charge is 2.21. The van der Waals surface area contributed by atoms with Crippen molar-refractivity contribution in [3.05, 3.63) is 42.2 Å². The van der Waals surface area contributed by atoms with Crippen molar-refractivity contribution in [2.24, 2.45) is 0 Å². The summed E-state index contributed by atoms with van der Waals surface area (Å²) in [6.07, 6.45) is 3.26. The molecule has 0 saturated carbocycles. The number of phosphoric acid groups is 1. The molecule has 0 bridgehead atoms. The molecule has 0 atom stereocenters. The summed E-state index contributed by atoms with van der Waals surface area (Å²) in [5.41, 5.74) is 3.43. The fraction of sp³-hybridized carbons (Fsp3) is 0.211. The van der Waals surface area contributed by atoms with Gasteiger partial charge in [-0.05, 0) is 48.6 Å². The third kappa shape index (κ3) is 4.59. The van der Waals surface area contributed by atoms with Crippen molar-refractivity contribution in [1.82, 2.24) is 5.16 Å². The number of rotatable bonds is 7. The van der Waals surface area contributed by atoms with Crippen molar-refractivity contribution in [3.8, 4) is 39.6 Å². The van der Waals surface area contributed by atoms with E-state index in [0.717, 1.165) is 11.1 Å². The number of phosphoric ester groups is 1. The van der Waals surface area contributed by atoms with Gasteiger partial charge >= 0.3 is 7.82 Å². The number of aryl methyl sites for hydroxylation is 1. The van der Waals surface area contributed by atoms with Crippen LogP contribution in [0.2, 0.25) is 0 Å². The Kier molecular flexibility index (Phi) is 6.24. The number of methoxy groups -OCH3 is 2. The van der Waals surface area contributed by atoms with Gasteiger partial charge in [0, 0.05) is 16.0 Å². The summed E-state index contributed by atoms with van der Waals surface area (Å²) in [7, 11) is -1.58. The Morgan fingerprint density at radius 3 is 2.41 bits per heavy atom. The Morgan fingerprint density at radius 1 is 1.07 bits per heavy atom. The molecule has 10 heteroatoms. The minimum atomic E-state index is -4.70. The summed E-state index contributed by atoms with van der Waals surface area (Å²) >= 11 is 1.32. The molecule has 29 heavy (non-hydrogen) atoms. The Balaban J connectivity index is 2.11. The van der Waals surface area contributed by atoms with Gasteiger partial charge in [-0.25, -0.2) is 4.57 Å². The monoisotopic (exact) mass is 437 g/mol. The number of hydrogen-bond acceptors (Lipinski definition) is 7. The smallest absolute Gasteiger partial charge is 0.493 e. The fourth-order valence-corrected chi connectivity index (χ4v) is 3.96. The zero-order chi connectivity index (χ0) is 21.2. The molecule has 0 aliphatic carbocycles. The van der Waals surface area contributed by atoms with E-state index in [0.29, 0.717) is 33.2 Å². The van der Waals surface area contributed by atoms with Gasteiger partial charge in [-0.3, -0.25) is 9.79 Å². The average molecular weight is 437 g/mol. The zero-order valence-electron chi connectivity index (χ0n) is 16.2. The predicted octanol–water partition coefficient (Wildman–Crippen LogP) is 4.53. The lowest BCUT2D eigenvalue weighted by atomic mass is 10.00. The number of hydrogen-bond donors (Lipinski definition) is 2. The maximum Gasteiger partial charge on any atom is 0.524 e. The molecule has 0 aliphatic rings. The van der Waals surface area contributed by atoms with Crippen molar-refractivity contribution in [2.45, 2.75) is 11.8 Å². The maximum absolute atomic E-state index is 11.3. The molecule has 2 aromatic carbocycles. The highest BCUT2D eigenvalue weighted by Crippen LogP contribution is 2.44. The molecule has 0 radical (unpaired) electrons. The number of ether oxygens (including phenoxy) is 2. The van der Waals surface area contributed by atoms with Crippen LogP contribution in [0.25, 0.3) is 22.4 Å². The van der Waals surface area contributed by atoms with Gasteiger partial charge in [0.1, 0.15) is 17.7 Å². The Hall–Kier alpha value is -2.45. The molecule has 3 rings (SSSR count). The van der Waals surface area contributed by atoms with Crippen molar-refractivity contribution in [3.63, 3.8) is 0 Å². The molecule has 2 N–H and O–H groups in total. The highest BCUT2D eigenvalue weighted by molar-refractivity contribution is 7.98. The van der Waals surface area contributed by atoms with E-state index in [1.54, 1.807) is 38.7 Å². The maximum atomic E-state index is 11.3. The van der Waals surface area contributed by atoms with E-state index < -0.39 is 7.82 Å². The zero-order valence-corrected chi connectivity index (χ0v) is 17.9. The summed E-state index contributed by atoms with van der Waals surface area (Å²) in [4.78, 5) is 19.0. The van der Waals surface area contributed by atoms with Gasteiger partial charge in [0.15, 0.2) is 11.5 Å². The van der Waals surface area contributed by atoms with Crippen molar-refractivity contribution >= 4 is 19.6 Å². The normalized spacial score (nSPS) is 11.4. The standard InChI is InChI=1S/C19H20NO7PS/c1-11-7-13(9-16(24-2)19(11)25-3)18-14(10-26-20-18)12-5-6-17(29-4)15(8-12)27-28(21,22)23/h5-10H,1-4H3,(H2,21,22,23). The molecule has 154 valence electrons. The first-order chi connectivity index (χ1) is 13.8. The summed E-state index contributed by atoms with van der Waals surface area (Å²) in [6, 6.07) is 8.76. The lowest BCUT2D eigenvalue weighted by Gasteiger charge is -2.13. The van der Waals surface area contributed by atoms with E-state index in [-0.39, 0.29) is 5.75 Å². The molecule has 3 aromatic rings. The molecule has 0 spiro atoms. The van der Waals surface area contributed by atoms with E-state index in [1.165, 1.54) is 18.0 Å². The molecular formula is C19H20NO7PS. The molecule has 0 fully saturated rings. The van der Waals surface area contributed by atoms with Crippen molar-refractivity contribution in [2.75, 3.05) is 20.5 Å². The second kappa shape index (κ2) is 8.51. The van der Waals surface area contributed by atoms with Crippen LogP contribution < -0.4 is 14.0 Å². The average Bonchev–Trinajstić information content (AvgIpc) is 3.15. The van der Waals surface area contributed by atoms with Gasteiger partial charge < -0.3 is 18.5 Å². The summed E-state index contributed by atoms with van der Waals surface area (Å²) in [6.45, 7) is 1.89. The molecule has 0 unspecified atom stereocenters. The van der Waals surface area contributed by atoms with E-state index in [4.69, 9.17) is 18.5 Å². The van der Waals surface area contributed by atoms with Crippen LogP contribution in [0.4, 0.5) is 0 Å². The van der Waals surface area contributed by atoms with Crippen LogP contribution in [0.5, 0.6) is 17.2 Å². The molecular weight excluding hydrogens is 417 g/mol. The lowest BCUT2D eigenvalue weighted by Crippen LogP contribution is -1.95. The van der Waals surface area contributed by atoms with Gasteiger partial charge in [-0.15, -0.1) is 11.8 Å². The van der Waals surface area contributed by atoms with Crippen LogP contribution in [0.15, 0.2) is 46.0 Å². The SMILES string of the molecule is COc1cc(-c2nocc2-c2ccc(SC)c(OP(=O)(O)O)c2)cc(C)c1OC. The highest BCUT2D eigenvalue weighted by atomic mass is 32.2. The second-order valence-electron chi connectivity index (χ2n) is 6.05. The van der Waals surface area contributed by atoms with Crippen LogP contribution in [0.1, 0.15) is 5.56 Å². The lowest BCUT2D eigenvalue weighted by molar-refractivity contribution is 0.281. The van der Waals surface area contributed by atoms with E-state index >= 15 is 0 Å². The molecule has 0 aliphatic heterocycles. The molecule has 1 aromatic heterocycles. The van der Waals surface area contributed by atoms with Gasteiger partial charge in [0.2, 0.25) is 0 Å². The van der Waals surface area contributed by atoms with Crippen LogP contribution in [-0.4, -0.2) is 35.4 Å². The summed E-state index contributed by atoms with van der Waals surface area (Å²) < 4.78 is 32.2. The van der Waals surface area contributed by atoms with Gasteiger partial charge in [-0.1, -0.05) is 11.2 Å². The van der Waals surface area contributed by atoms with Crippen LogP contribution in [0.3, 0.4) is 0 Å². The van der Waals surface area contributed by atoms with Gasteiger partial charge in [0.25, 0.3) is 0 Å². The van der Waals surface area contributed by atoms with E-state index in [2.05, 4.69) is 5.16 Å². The van der Waals surface area contributed by atoms with Crippen LogP contribution in [0, 0.1) is 6.92 Å². The van der Waals surface area contributed by atoms with Crippen LogP contribution in [-0.2, 0) is 4.57 Å². The number of nitrogens with zero attached hydrogens (tertiary/aromatic N) is 1. The van der Waals surface area contributed by atoms with Crippen molar-refractivity contribution < 1.29 is 32.9 Å². The molecule has 0 amide bonds. The first-order valence-corrected chi connectivity index (χ1v) is 11.1. The number of thioether (sulfide) groups is 1. The summed E-state index contributed by atoms with van der Waals surface area (Å²) in [5, 5.41) is 4.11. The third-order valence-electron chi connectivity index (χ3n) is 4.20. The molecule has 1 heterocycles. The summed E-state index contributed by atoms with van der Waals surface area (Å²) in [5.74, 6) is 1.27. The first kappa shape index (κ1) is 21.3. The van der Waals surface area contributed by atoms with E-state index in [9.17, 15) is 14.4 Å². The number of benzene rings is 2. The predicted molar refractivity (Wildman–Crippen MR) is 110 cm³/mol. The minimum absolute atomic E-state index is 0.0824. The Labute approximate surface area is 172 Å². The fourth-order valence-electron chi connectivity index (χ4n) is 2.98. The van der Waals surface area contributed by atoms with Gasteiger partial charge in [0.05, 0.1) is 14.2 Å². The number of aromatic nitrogens is 1. The third-order valence-corrected chi connectivity index (χ3v) is 5.41. The Morgan fingerprint density at radius 2 is 1.79 bits per heavy atom. The minimum Gasteiger partial charge on any atom is -0.493 e. The second-order valence-corrected chi connectivity index (χ2v) is 8.06. The first-order valence-electron chi connectivity index (χ1n) is 8.38. The van der Waals surface area contributed by atoms with Crippen LogP contribution >= 0.6 is 19.6 Å². The Bertz CT molecular complexity index is 1080. The van der Waals surface area contributed by atoms with Crippen molar-refractivity contribution in [1.29, 1.82) is 0 Å². The quantitative estimate of drug-likeness (QED) is 0.407. The van der Waals surface area contributed by atoms with E-state index in [1.807, 2.05) is 19.1 Å². The molecule has 0 saturated heterocycles. The molecule has 8 nitrogen and oxygen atoms in total. The van der Waals surface area contributed by atoms with Gasteiger partial charge in [-0.2, -0.15) is 0 Å². The largest absolute Gasteiger partial charge is 0.524 e. The topological polar surface area (TPSA) is 111 Å².